The largest absolute Gasteiger partial charge is 0.497 e. The fourth-order valence-corrected chi connectivity index (χ4v) is 4.81. The molecule has 6 nitrogen and oxygen atoms in total. The number of thiazole rings is 1. The fraction of sp³-hybridized carbons (Fsp3) is 0.304. The van der Waals surface area contributed by atoms with Crippen molar-refractivity contribution in [1.82, 2.24) is 14.9 Å². The zero-order valence-electron chi connectivity index (χ0n) is 17.5. The molecule has 0 amide bonds. The Balaban J connectivity index is 1.25. The van der Waals surface area contributed by atoms with Crippen LogP contribution in [0.3, 0.4) is 0 Å². The van der Waals surface area contributed by atoms with Crippen LogP contribution >= 0.6 is 11.3 Å². The number of halogens is 1. The highest BCUT2D eigenvalue weighted by atomic mass is 32.1. The normalized spacial score (nSPS) is 15.0. The minimum Gasteiger partial charge on any atom is -0.497 e. The molecule has 2 aromatic carbocycles. The van der Waals surface area contributed by atoms with E-state index in [0.29, 0.717) is 23.7 Å². The molecule has 3 heterocycles. The van der Waals surface area contributed by atoms with Crippen molar-refractivity contribution in [3.05, 3.63) is 59.7 Å². The standard InChI is InChI=1S/C23H23FN4O2S/c1-15-20(25-22(30-15)17-8-7-16(29-2)13-18(17)24)14-27-9-11-28(12-10-27)23-26-19-5-3-4-6-21(19)31-23/h3-8,13H,9-12,14H2,1-2H3. The van der Waals surface area contributed by atoms with Crippen molar-refractivity contribution in [2.24, 2.45) is 0 Å². The van der Waals surface area contributed by atoms with Crippen LogP contribution in [-0.4, -0.2) is 48.2 Å². The van der Waals surface area contributed by atoms with Gasteiger partial charge in [0, 0.05) is 38.8 Å². The molecule has 8 heteroatoms. The first-order valence-electron chi connectivity index (χ1n) is 10.2. The van der Waals surface area contributed by atoms with Crippen LogP contribution in [0.25, 0.3) is 21.7 Å². The number of rotatable bonds is 5. The third-order valence-corrected chi connectivity index (χ3v) is 6.70. The Hall–Kier alpha value is -2.97. The highest BCUT2D eigenvalue weighted by Gasteiger charge is 2.22. The van der Waals surface area contributed by atoms with Crippen LogP contribution < -0.4 is 9.64 Å². The minimum absolute atomic E-state index is 0.306. The molecule has 0 atom stereocenters. The highest BCUT2D eigenvalue weighted by Crippen LogP contribution is 2.30. The Bertz CT molecular complexity index is 1180. The van der Waals surface area contributed by atoms with E-state index in [1.165, 1.54) is 17.9 Å². The number of methoxy groups -OCH3 is 1. The lowest BCUT2D eigenvalue weighted by Gasteiger charge is -2.34. The quantitative estimate of drug-likeness (QED) is 0.449. The van der Waals surface area contributed by atoms with E-state index in [4.69, 9.17) is 14.1 Å². The lowest BCUT2D eigenvalue weighted by molar-refractivity contribution is 0.246. The summed E-state index contributed by atoms with van der Waals surface area (Å²) in [6.45, 7) is 6.21. The Morgan fingerprint density at radius 1 is 1.10 bits per heavy atom. The van der Waals surface area contributed by atoms with Gasteiger partial charge in [-0.2, -0.15) is 0 Å². The van der Waals surface area contributed by atoms with E-state index in [9.17, 15) is 4.39 Å². The van der Waals surface area contributed by atoms with Gasteiger partial charge in [-0.05, 0) is 31.2 Å². The lowest BCUT2D eigenvalue weighted by Crippen LogP contribution is -2.46. The number of hydrogen-bond acceptors (Lipinski definition) is 7. The molecule has 1 aliphatic rings. The number of anilines is 1. The third kappa shape index (κ3) is 4.00. The fourth-order valence-electron chi connectivity index (χ4n) is 3.79. The number of oxazole rings is 1. The molecule has 1 aliphatic heterocycles. The molecule has 1 fully saturated rings. The Morgan fingerprint density at radius 3 is 2.65 bits per heavy atom. The van der Waals surface area contributed by atoms with E-state index in [2.05, 4.69) is 33.0 Å². The molecule has 31 heavy (non-hydrogen) atoms. The van der Waals surface area contributed by atoms with Gasteiger partial charge in [-0.25, -0.2) is 14.4 Å². The number of piperazine rings is 1. The number of aromatic nitrogens is 2. The molecule has 2 aromatic heterocycles. The smallest absolute Gasteiger partial charge is 0.229 e. The summed E-state index contributed by atoms with van der Waals surface area (Å²) in [5, 5.41) is 1.08. The summed E-state index contributed by atoms with van der Waals surface area (Å²) >= 11 is 1.74. The topological polar surface area (TPSA) is 54.6 Å². The first-order chi connectivity index (χ1) is 15.1. The van der Waals surface area contributed by atoms with Crippen LogP contribution in [0.2, 0.25) is 0 Å². The molecule has 0 N–H and O–H groups in total. The SMILES string of the molecule is COc1ccc(-c2nc(CN3CCN(c4nc5ccccc5s4)CC3)c(C)o2)c(F)c1. The summed E-state index contributed by atoms with van der Waals surface area (Å²) < 4.78 is 26.5. The van der Waals surface area contributed by atoms with Gasteiger partial charge in [-0.1, -0.05) is 23.5 Å². The number of fused-ring (bicyclic) bond motifs is 1. The molecule has 0 saturated carbocycles. The molecule has 4 aromatic rings. The number of benzene rings is 2. The number of ether oxygens (including phenoxy) is 1. The van der Waals surface area contributed by atoms with Crippen LogP contribution in [0.5, 0.6) is 5.75 Å². The molecule has 5 rings (SSSR count). The molecule has 0 unspecified atom stereocenters. The van der Waals surface area contributed by atoms with Gasteiger partial charge >= 0.3 is 0 Å². The Labute approximate surface area is 183 Å². The van der Waals surface area contributed by atoms with E-state index < -0.39 is 5.82 Å². The average Bonchev–Trinajstić information content (AvgIpc) is 3.37. The van der Waals surface area contributed by atoms with Crippen molar-refractivity contribution >= 4 is 26.7 Å². The second-order valence-electron chi connectivity index (χ2n) is 7.60. The minimum atomic E-state index is -0.406. The summed E-state index contributed by atoms with van der Waals surface area (Å²) in [5.41, 5.74) is 2.25. The van der Waals surface area contributed by atoms with Gasteiger partial charge in [0.15, 0.2) is 5.13 Å². The predicted octanol–water partition coefficient (Wildman–Crippen LogP) is 4.73. The van der Waals surface area contributed by atoms with Crippen LogP contribution in [0.15, 0.2) is 46.9 Å². The summed E-state index contributed by atoms with van der Waals surface area (Å²) in [6.07, 6.45) is 0. The Kier molecular flexibility index (Phi) is 5.33. The van der Waals surface area contributed by atoms with E-state index in [1.54, 1.807) is 23.5 Å². The highest BCUT2D eigenvalue weighted by molar-refractivity contribution is 7.22. The lowest BCUT2D eigenvalue weighted by atomic mass is 10.2. The molecule has 160 valence electrons. The van der Waals surface area contributed by atoms with Crippen LogP contribution in [0, 0.1) is 12.7 Å². The third-order valence-electron chi connectivity index (χ3n) is 5.60. The molecular weight excluding hydrogens is 415 g/mol. The molecule has 0 spiro atoms. The molecular formula is C23H23FN4O2S. The van der Waals surface area contributed by atoms with Gasteiger partial charge in [0.05, 0.1) is 28.6 Å². The van der Waals surface area contributed by atoms with Crippen molar-refractivity contribution in [2.45, 2.75) is 13.5 Å². The van der Waals surface area contributed by atoms with Crippen LogP contribution in [0.4, 0.5) is 9.52 Å². The summed E-state index contributed by atoms with van der Waals surface area (Å²) in [5.74, 6) is 1.09. The van der Waals surface area contributed by atoms with Gasteiger partial charge in [0.1, 0.15) is 17.3 Å². The first-order valence-corrected chi connectivity index (χ1v) is 11.1. The van der Waals surface area contributed by atoms with E-state index >= 15 is 0 Å². The number of aryl methyl sites for hydroxylation is 1. The van der Waals surface area contributed by atoms with Crippen molar-refractivity contribution in [2.75, 3.05) is 38.2 Å². The number of hydrogen-bond donors (Lipinski definition) is 0. The van der Waals surface area contributed by atoms with E-state index in [1.807, 2.05) is 13.0 Å². The number of nitrogens with zero attached hydrogens (tertiary/aromatic N) is 4. The zero-order chi connectivity index (χ0) is 21.4. The van der Waals surface area contributed by atoms with Crippen molar-refractivity contribution in [1.29, 1.82) is 0 Å². The maximum Gasteiger partial charge on any atom is 0.229 e. The monoisotopic (exact) mass is 438 g/mol. The molecule has 0 bridgehead atoms. The van der Waals surface area contributed by atoms with Crippen LogP contribution in [0.1, 0.15) is 11.5 Å². The van der Waals surface area contributed by atoms with Crippen molar-refractivity contribution < 1.29 is 13.5 Å². The van der Waals surface area contributed by atoms with Crippen molar-refractivity contribution in [3.63, 3.8) is 0 Å². The van der Waals surface area contributed by atoms with Crippen molar-refractivity contribution in [3.8, 4) is 17.2 Å². The van der Waals surface area contributed by atoms with Gasteiger partial charge < -0.3 is 14.1 Å². The van der Waals surface area contributed by atoms with Gasteiger partial charge in [-0.15, -0.1) is 0 Å². The van der Waals surface area contributed by atoms with Crippen LogP contribution in [-0.2, 0) is 6.54 Å². The van der Waals surface area contributed by atoms with Gasteiger partial charge in [0.2, 0.25) is 5.89 Å². The second kappa shape index (κ2) is 8.28. The Morgan fingerprint density at radius 2 is 1.90 bits per heavy atom. The van der Waals surface area contributed by atoms with Gasteiger partial charge in [0.25, 0.3) is 0 Å². The van der Waals surface area contributed by atoms with Gasteiger partial charge in [-0.3, -0.25) is 4.90 Å². The number of para-hydroxylation sites is 1. The maximum absolute atomic E-state index is 14.4. The zero-order valence-corrected chi connectivity index (χ0v) is 18.3. The predicted molar refractivity (Wildman–Crippen MR) is 120 cm³/mol. The summed E-state index contributed by atoms with van der Waals surface area (Å²) in [4.78, 5) is 14.0. The average molecular weight is 439 g/mol. The molecule has 0 aliphatic carbocycles. The molecule has 1 saturated heterocycles. The maximum atomic E-state index is 14.4. The summed E-state index contributed by atoms with van der Waals surface area (Å²) in [7, 11) is 1.51. The molecule has 0 radical (unpaired) electrons. The summed E-state index contributed by atoms with van der Waals surface area (Å²) in [6, 6.07) is 12.9. The van der Waals surface area contributed by atoms with E-state index in [-0.39, 0.29) is 0 Å². The van der Waals surface area contributed by atoms with E-state index in [0.717, 1.165) is 48.3 Å². The first kappa shape index (κ1) is 20.0. The second-order valence-corrected chi connectivity index (χ2v) is 8.60.